The lowest BCUT2D eigenvalue weighted by atomic mass is 10.1. The maximum atomic E-state index is 12.2. The summed E-state index contributed by atoms with van der Waals surface area (Å²) >= 11 is 0. The van der Waals surface area contributed by atoms with Gasteiger partial charge in [-0.3, -0.25) is 9.59 Å². The molecular weight excluding hydrogens is 320 g/mol. The van der Waals surface area contributed by atoms with E-state index in [1.54, 1.807) is 36.1 Å². The first-order valence-corrected chi connectivity index (χ1v) is 8.66. The summed E-state index contributed by atoms with van der Waals surface area (Å²) < 4.78 is 4.99. The van der Waals surface area contributed by atoms with Crippen LogP contribution < -0.4 is 5.32 Å². The summed E-state index contributed by atoms with van der Waals surface area (Å²) in [5.41, 5.74) is 0.739. The normalized spacial score (nSPS) is 10.4. The van der Waals surface area contributed by atoms with Crippen LogP contribution in [0.2, 0.25) is 0 Å². The maximum absolute atomic E-state index is 12.2. The highest BCUT2D eigenvalue weighted by Gasteiger charge is 2.15. The number of hydrogen-bond acceptors (Lipinski definition) is 4. The third-order valence-corrected chi connectivity index (χ3v) is 3.73. The fraction of sp³-hybridized carbons (Fsp3) is 0.526. The molecule has 0 radical (unpaired) electrons. The number of carbonyl (C=O) groups excluding carboxylic acids is 3. The highest BCUT2D eigenvalue weighted by molar-refractivity contribution is 6.01. The number of amides is 2. The third-order valence-electron chi connectivity index (χ3n) is 3.73. The molecule has 0 aliphatic rings. The Morgan fingerprint density at radius 1 is 1.16 bits per heavy atom. The zero-order valence-corrected chi connectivity index (χ0v) is 15.5. The summed E-state index contributed by atoms with van der Waals surface area (Å²) in [5.74, 6) is -0.263. The molecule has 1 aromatic rings. The van der Waals surface area contributed by atoms with Crippen LogP contribution >= 0.6 is 0 Å². The molecular formula is C19H28N2O4. The summed E-state index contributed by atoms with van der Waals surface area (Å²) in [6.07, 6.45) is 1.07. The zero-order valence-electron chi connectivity index (χ0n) is 15.5. The molecule has 2 amide bonds. The van der Waals surface area contributed by atoms with Crippen LogP contribution in [0.25, 0.3) is 0 Å². The highest BCUT2D eigenvalue weighted by Crippen LogP contribution is 2.16. The van der Waals surface area contributed by atoms with Crippen LogP contribution in [-0.2, 0) is 14.3 Å². The molecule has 0 saturated heterocycles. The minimum Gasteiger partial charge on any atom is -0.462 e. The second-order valence-corrected chi connectivity index (χ2v) is 6.25. The molecule has 1 N–H and O–H groups in total. The van der Waals surface area contributed by atoms with Crippen molar-refractivity contribution < 1.29 is 19.1 Å². The van der Waals surface area contributed by atoms with E-state index in [9.17, 15) is 14.4 Å². The largest absolute Gasteiger partial charge is 0.462 e. The second-order valence-electron chi connectivity index (χ2n) is 6.25. The van der Waals surface area contributed by atoms with Crippen molar-refractivity contribution in [1.29, 1.82) is 0 Å². The van der Waals surface area contributed by atoms with Gasteiger partial charge in [-0.2, -0.15) is 0 Å². The molecule has 0 unspecified atom stereocenters. The average molecular weight is 348 g/mol. The van der Waals surface area contributed by atoms with Gasteiger partial charge in [-0.1, -0.05) is 26.0 Å². The molecule has 25 heavy (non-hydrogen) atoms. The first-order valence-electron chi connectivity index (χ1n) is 8.66. The van der Waals surface area contributed by atoms with Crippen molar-refractivity contribution in [2.75, 3.05) is 25.0 Å². The Labute approximate surface area is 149 Å². The van der Waals surface area contributed by atoms with Gasteiger partial charge in [0.05, 0.1) is 17.9 Å². The first kappa shape index (κ1) is 20.7. The average Bonchev–Trinajstić information content (AvgIpc) is 2.54. The number of carbonyl (C=O) groups is 3. The van der Waals surface area contributed by atoms with Gasteiger partial charge in [0.1, 0.15) is 0 Å². The van der Waals surface area contributed by atoms with E-state index in [1.165, 1.54) is 6.92 Å². The number of anilines is 1. The van der Waals surface area contributed by atoms with Gasteiger partial charge in [0.25, 0.3) is 0 Å². The summed E-state index contributed by atoms with van der Waals surface area (Å²) in [5, 5.41) is 2.73. The number of para-hydroxylation sites is 1. The van der Waals surface area contributed by atoms with E-state index in [0.717, 1.165) is 6.42 Å². The van der Waals surface area contributed by atoms with Crippen LogP contribution in [0.3, 0.4) is 0 Å². The quantitative estimate of drug-likeness (QED) is 0.696. The molecule has 6 nitrogen and oxygen atoms in total. The van der Waals surface area contributed by atoms with Crippen molar-refractivity contribution in [2.45, 2.75) is 40.5 Å². The molecule has 138 valence electrons. The summed E-state index contributed by atoms with van der Waals surface area (Å²) in [6.45, 7) is 8.69. The second kappa shape index (κ2) is 10.5. The van der Waals surface area contributed by atoms with Gasteiger partial charge in [0.2, 0.25) is 11.8 Å². The molecule has 1 rings (SSSR count). The number of ether oxygens (including phenoxy) is 1. The van der Waals surface area contributed by atoms with E-state index in [4.69, 9.17) is 4.74 Å². The Hall–Kier alpha value is -2.37. The predicted octanol–water partition coefficient (Wildman–Crippen LogP) is 3.09. The van der Waals surface area contributed by atoms with Gasteiger partial charge in [-0.15, -0.1) is 0 Å². The van der Waals surface area contributed by atoms with Gasteiger partial charge in [-0.05, 0) is 31.4 Å². The zero-order chi connectivity index (χ0) is 18.8. The minimum atomic E-state index is -0.472. The van der Waals surface area contributed by atoms with Gasteiger partial charge < -0.3 is 15.0 Å². The molecule has 0 fully saturated rings. The lowest BCUT2D eigenvalue weighted by Crippen LogP contribution is -2.33. The Balaban J connectivity index is 2.64. The molecule has 0 heterocycles. The van der Waals surface area contributed by atoms with E-state index in [-0.39, 0.29) is 24.8 Å². The number of rotatable bonds is 9. The highest BCUT2D eigenvalue weighted by atomic mass is 16.5. The van der Waals surface area contributed by atoms with Crippen molar-refractivity contribution in [3.8, 4) is 0 Å². The van der Waals surface area contributed by atoms with E-state index >= 15 is 0 Å². The molecule has 0 spiro atoms. The minimum absolute atomic E-state index is 0.0413. The molecule has 0 saturated carbocycles. The van der Waals surface area contributed by atoms with E-state index in [2.05, 4.69) is 19.2 Å². The van der Waals surface area contributed by atoms with Crippen LogP contribution in [0.15, 0.2) is 24.3 Å². The van der Waals surface area contributed by atoms with Crippen LogP contribution in [0.4, 0.5) is 5.69 Å². The number of nitrogens with one attached hydrogen (secondary N) is 1. The molecule has 0 aliphatic carbocycles. The van der Waals surface area contributed by atoms with Crippen molar-refractivity contribution in [2.24, 2.45) is 5.92 Å². The van der Waals surface area contributed by atoms with E-state index in [0.29, 0.717) is 30.3 Å². The lowest BCUT2D eigenvalue weighted by Gasteiger charge is -2.22. The summed E-state index contributed by atoms with van der Waals surface area (Å²) in [4.78, 5) is 37.5. The third kappa shape index (κ3) is 7.37. The molecule has 0 aliphatic heterocycles. The van der Waals surface area contributed by atoms with Gasteiger partial charge in [0.15, 0.2) is 0 Å². The van der Waals surface area contributed by atoms with Crippen LogP contribution in [0, 0.1) is 5.92 Å². The summed E-state index contributed by atoms with van der Waals surface area (Å²) in [6, 6.07) is 6.72. The predicted molar refractivity (Wildman–Crippen MR) is 97.4 cm³/mol. The van der Waals surface area contributed by atoms with Gasteiger partial charge >= 0.3 is 5.97 Å². The fourth-order valence-electron chi connectivity index (χ4n) is 2.27. The fourth-order valence-corrected chi connectivity index (χ4v) is 2.27. The van der Waals surface area contributed by atoms with Crippen molar-refractivity contribution in [3.63, 3.8) is 0 Å². The van der Waals surface area contributed by atoms with Crippen molar-refractivity contribution in [3.05, 3.63) is 29.8 Å². The van der Waals surface area contributed by atoms with Crippen LogP contribution in [0.5, 0.6) is 0 Å². The Bertz CT molecular complexity index is 599. The van der Waals surface area contributed by atoms with Gasteiger partial charge in [-0.25, -0.2) is 4.79 Å². The van der Waals surface area contributed by atoms with E-state index < -0.39 is 5.97 Å². The number of benzene rings is 1. The van der Waals surface area contributed by atoms with Crippen molar-refractivity contribution >= 4 is 23.5 Å². The van der Waals surface area contributed by atoms with Gasteiger partial charge in [0, 0.05) is 26.4 Å². The van der Waals surface area contributed by atoms with E-state index in [1.807, 2.05) is 0 Å². The Kier molecular flexibility index (Phi) is 8.67. The first-order chi connectivity index (χ1) is 11.8. The molecule has 0 atom stereocenters. The molecule has 6 heteroatoms. The lowest BCUT2D eigenvalue weighted by molar-refractivity contribution is -0.129. The Morgan fingerprint density at radius 2 is 1.84 bits per heavy atom. The maximum Gasteiger partial charge on any atom is 0.340 e. The standard InChI is InChI=1S/C19H28N2O4/c1-5-25-19(24)16-8-6-7-9-17(16)20-18(23)11-13-21(15(4)22)12-10-14(2)3/h6-9,14H,5,10-13H2,1-4H3,(H,20,23). The number of esters is 1. The monoisotopic (exact) mass is 348 g/mol. The van der Waals surface area contributed by atoms with Crippen molar-refractivity contribution in [1.82, 2.24) is 4.90 Å². The molecule has 0 bridgehead atoms. The molecule has 0 aromatic heterocycles. The number of nitrogens with zero attached hydrogens (tertiary/aromatic N) is 1. The molecule has 1 aromatic carbocycles. The SMILES string of the molecule is CCOC(=O)c1ccccc1NC(=O)CCN(CCC(C)C)C(C)=O. The van der Waals surface area contributed by atoms with Crippen LogP contribution in [-0.4, -0.2) is 42.4 Å². The van der Waals surface area contributed by atoms with Crippen LogP contribution in [0.1, 0.15) is 50.9 Å². The Morgan fingerprint density at radius 3 is 2.44 bits per heavy atom. The smallest absolute Gasteiger partial charge is 0.340 e. The topological polar surface area (TPSA) is 75.7 Å². The summed E-state index contributed by atoms with van der Waals surface area (Å²) in [7, 11) is 0. The number of hydrogen-bond donors (Lipinski definition) is 1.